The molecule has 0 fully saturated rings. The summed E-state index contributed by atoms with van der Waals surface area (Å²) in [6.07, 6.45) is -4.40. The van der Waals surface area contributed by atoms with Gasteiger partial charge in [0.1, 0.15) is 6.61 Å². The molecule has 0 aliphatic carbocycles. The van der Waals surface area contributed by atoms with Crippen molar-refractivity contribution in [1.82, 2.24) is 10.6 Å². The number of halogens is 3. The molecule has 0 heterocycles. The number of benzene rings is 2. The van der Waals surface area contributed by atoms with Gasteiger partial charge in [-0.25, -0.2) is 9.59 Å². The zero-order chi connectivity index (χ0) is 20.7. The smallest absolute Gasteiger partial charge is 0.416 e. The standard InChI is InChI=1S/C20H21F3N2O3/c1-13(2)25-19(27)24-11-14-3-7-16(8-4-14)18(26)28-12-15-5-9-17(10-6-15)20(21,22)23/h3-10,13H,11-12H2,1-2H3,(H2,24,25,27). The molecule has 2 aromatic carbocycles. The number of esters is 1. The quantitative estimate of drug-likeness (QED) is 0.719. The number of nitrogens with one attached hydrogen (secondary N) is 2. The Kier molecular flexibility index (Phi) is 7.03. The first-order chi connectivity index (χ1) is 13.1. The molecule has 28 heavy (non-hydrogen) atoms. The van der Waals surface area contributed by atoms with Crippen molar-refractivity contribution in [1.29, 1.82) is 0 Å². The fourth-order valence-corrected chi connectivity index (χ4v) is 2.28. The molecule has 0 unspecified atom stereocenters. The SMILES string of the molecule is CC(C)NC(=O)NCc1ccc(C(=O)OCc2ccc(C(F)(F)F)cc2)cc1. The van der Waals surface area contributed by atoms with E-state index >= 15 is 0 Å². The van der Waals surface area contributed by atoms with Crippen LogP contribution < -0.4 is 10.6 Å². The van der Waals surface area contributed by atoms with Crippen LogP contribution in [0.4, 0.5) is 18.0 Å². The maximum Gasteiger partial charge on any atom is 0.416 e. The third kappa shape index (κ3) is 6.61. The zero-order valence-electron chi connectivity index (χ0n) is 15.5. The van der Waals surface area contributed by atoms with Gasteiger partial charge in [0.15, 0.2) is 0 Å². The first-order valence-electron chi connectivity index (χ1n) is 8.61. The van der Waals surface area contributed by atoms with Gasteiger partial charge in [0.2, 0.25) is 0 Å². The summed E-state index contributed by atoms with van der Waals surface area (Å²) in [4.78, 5) is 23.6. The summed E-state index contributed by atoms with van der Waals surface area (Å²) >= 11 is 0. The largest absolute Gasteiger partial charge is 0.457 e. The average Bonchev–Trinajstić information content (AvgIpc) is 2.64. The molecular weight excluding hydrogens is 373 g/mol. The van der Waals surface area contributed by atoms with Crippen LogP contribution in [0.25, 0.3) is 0 Å². The lowest BCUT2D eigenvalue weighted by atomic mass is 10.1. The number of hydrogen-bond donors (Lipinski definition) is 2. The Morgan fingerprint density at radius 3 is 2.07 bits per heavy atom. The van der Waals surface area contributed by atoms with Crippen molar-refractivity contribution in [3.05, 3.63) is 70.8 Å². The van der Waals surface area contributed by atoms with E-state index in [1.807, 2.05) is 13.8 Å². The molecular formula is C20H21F3N2O3. The Balaban J connectivity index is 1.85. The summed E-state index contributed by atoms with van der Waals surface area (Å²) in [5.41, 5.74) is 0.813. The average molecular weight is 394 g/mol. The summed E-state index contributed by atoms with van der Waals surface area (Å²) in [7, 11) is 0. The van der Waals surface area contributed by atoms with Gasteiger partial charge in [-0.1, -0.05) is 24.3 Å². The second-order valence-corrected chi connectivity index (χ2v) is 6.45. The van der Waals surface area contributed by atoms with Crippen molar-refractivity contribution in [2.24, 2.45) is 0 Å². The molecule has 2 N–H and O–H groups in total. The molecule has 2 aromatic rings. The van der Waals surface area contributed by atoms with Gasteiger partial charge in [0, 0.05) is 12.6 Å². The van der Waals surface area contributed by atoms with Crippen molar-refractivity contribution in [2.45, 2.75) is 39.2 Å². The Labute approximate surface area is 160 Å². The van der Waals surface area contributed by atoms with E-state index in [4.69, 9.17) is 4.74 Å². The molecule has 0 atom stereocenters. The number of carbonyl (C=O) groups excluding carboxylic acids is 2. The zero-order valence-corrected chi connectivity index (χ0v) is 15.5. The predicted octanol–water partition coefficient (Wildman–Crippen LogP) is 4.27. The van der Waals surface area contributed by atoms with E-state index in [0.717, 1.165) is 17.7 Å². The van der Waals surface area contributed by atoms with Crippen LogP contribution in [-0.4, -0.2) is 18.0 Å². The third-order valence-corrected chi connectivity index (χ3v) is 3.71. The van der Waals surface area contributed by atoms with Crippen LogP contribution in [0.5, 0.6) is 0 Å². The number of amides is 2. The number of ether oxygens (including phenoxy) is 1. The van der Waals surface area contributed by atoms with Crippen LogP contribution in [-0.2, 0) is 24.1 Å². The van der Waals surface area contributed by atoms with Gasteiger partial charge in [-0.2, -0.15) is 13.2 Å². The van der Waals surface area contributed by atoms with Gasteiger partial charge in [-0.3, -0.25) is 0 Å². The molecule has 0 saturated heterocycles. The van der Waals surface area contributed by atoms with E-state index in [0.29, 0.717) is 17.7 Å². The van der Waals surface area contributed by atoms with E-state index in [1.165, 1.54) is 12.1 Å². The molecule has 8 heteroatoms. The molecule has 0 bridgehead atoms. The lowest BCUT2D eigenvalue weighted by Gasteiger charge is -2.10. The molecule has 5 nitrogen and oxygen atoms in total. The van der Waals surface area contributed by atoms with Crippen molar-refractivity contribution in [3.63, 3.8) is 0 Å². The second kappa shape index (κ2) is 9.25. The molecule has 0 saturated carbocycles. The molecule has 0 aromatic heterocycles. The van der Waals surface area contributed by atoms with Crippen molar-refractivity contribution in [2.75, 3.05) is 0 Å². The lowest BCUT2D eigenvalue weighted by Crippen LogP contribution is -2.39. The van der Waals surface area contributed by atoms with Crippen molar-refractivity contribution in [3.8, 4) is 0 Å². The lowest BCUT2D eigenvalue weighted by molar-refractivity contribution is -0.137. The van der Waals surface area contributed by atoms with Gasteiger partial charge in [0.05, 0.1) is 11.1 Å². The summed E-state index contributed by atoms with van der Waals surface area (Å²) in [6, 6.07) is 10.7. The van der Waals surface area contributed by atoms with E-state index < -0.39 is 17.7 Å². The highest BCUT2D eigenvalue weighted by atomic mass is 19.4. The monoisotopic (exact) mass is 394 g/mol. The Morgan fingerprint density at radius 2 is 1.54 bits per heavy atom. The Bertz CT molecular complexity index is 801. The van der Waals surface area contributed by atoms with Gasteiger partial charge >= 0.3 is 18.2 Å². The minimum Gasteiger partial charge on any atom is -0.457 e. The van der Waals surface area contributed by atoms with Crippen LogP contribution in [0.3, 0.4) is 0 Å². The van der Waals surface area contributed by atoms with Crippen molar-refractivity contribution < 1.29 is 27.5 Å². The van der Waals surface area contributed by atoms with Crippen molar-refractivity contribution >= 4 is 12.0 Å². The highest BCUT2D eigenvalue weighted by molar-refractivity contribution is 5.89. The van der Waals surface area contributed by atoms with Crippen LogP contribution in [0, 0.1) is 0 Å². The van der Waals surface area contributed by atoms with Crippen LogP contribution >= 0.6 is 0 Å². The normalized spacial score (nSPS) is 11.2. The van der Waals surface area contributed by atoms with Crippen LogP contribution in [0.1, 0.15) is 40.9 Å². The van der Waals surface area contributed by atoms with E-state index in [9.17, 15) is 22.8 Å². The Morgan fingerprint density at radius 1 is 0.964 bits per heavy atom. The molecule has 0 radical (unpaired) electrons. The summed E-state index contributed by atoms with van der Waals surface area (Å²) in [5, 5.41) is 5.39. The summed E-state index contributed by atoms with van der Waals surface area (Å²) < 4.78 is 42.7. The first-order valence-corrected chi connectivity index (χ1v) is 8.61. The minimum atomic E-state index is -4.40. The molecule has 150 valence electrons. The predicted molar refractivity (Wildman–Crippen MR) is 97.5 cm³/mol. The molecule has 2 rings (SSSR count). The number of rotatable bonds is 6. The van der Waals surface area contributed by atoms with Crippen LogP contribution in [0.2, 0.25) is 0 Å². The van der Waals surface area contributed by atoms with E-state index in [2.05, 4.69) is 10.6 Å². The van der Waals surface area contributed by atoms with E-state index in [1.54, 1.807) is 24.3 Å². The summed E-state index contributed by atoms with van der Waals surface area (Å²) in [6.45, 7) is 3.88. The number of hydrogen-bond acceptors (Lipinski definition) is 3. The highest BCUT2D eigenvalue weighted by Gasteiger charge is 2.29. The fraction of sp³-hybridized carbons (Fsp3) is 0.300. The minimum absolute atomic E-state index is 0.0295. The number of urea groups is 1. The van der Waals surface area contributed by atoms with Crippen LogP contribution in [0.15, 0.2) is 48.5 Å². The number of alkyl halides is 3. The third-order valence-electron chi connectivity index (χ3n) is 3.71. The highest BCUT2D eigenvalue weighted by Crippen LogP contribution is 2.29. The van der Waals surface area contributed by atoms with Gasteiger partial charge in [-0.15, -0.1) is 0 Å². The number of carbonyl (C=O) groups is 2. The molecule has 0 spiro atoms. The van der Waals surface area contributed by atoms with Gasteiger partial charge < -0.3 is 15.4 Å². The maximum absolute atomic E-state index is 12.5. The molecule has 0 aliphatic rings. The van der Waals surface area contributed by atoms with Gasteiger partial charge in [0.25, 0.3) is 0 Å². The Hall–Kier alpha value is -3.03. The second-order valence-electron chi connectivity index (χ2n) is 6.45. The van der Waals surface area contributed by atoms with Gasteiger partial charge in [-0.05, 0) is 49.2 Å². The first kappa shape index (κ1) is 21.3. The fourth-order valence-electron chi connectivity index (χ4n) is 2.28. The molecule has 0 aliphatic heterocycles. The summed E-state index contributed by atoms with van der Waals surface area (Å²) in [5.74, 6) is -0.586. The molecule has 2 amide bonds. The maximum atomic E-state index is 12.5. The van der Waals surface area contributed by atoms with E-state index in [-0.39, 0.29) is 18.7 Å². The topological polar surface area (TPSA) is 67.4 Å².